The van der Waals surface area contributed by atoms with Gasteiger partial charge in [-0.1, -0.05) is 11.6 Å². The number of nitrogens with zero attached hydrogens (tertiary/aromatic N) is 1. The Kier molecular flexibility index (Phi) is 3.41. The smallest absolute Gasteiger partial charge is 0.337 e. The number of halogens is 1. The second-order valence-electron chi connectivity index (χ2n) is 2.46. The molecule has 0 aliphatic heterocycles. The predicted molar refractivity (Wildman–Crippen MR) is 49.1 cm³/mol. The molecule has 0 aromatic carbocycles. The highest BCUT2D eigenvalue weighted by Gasteiger charge is 2.07. The molecule has 0 aliphatic carbocycles. The highest BCUT2D eigenvalue weighted by atomic mass is 35.5. The number of rotatable bonds is 4. The van der Waals surface area contributed by atoms with Crippen LogP contribution in [-0.4, -0.2) is 22.5 Å². The Labute approximate surface area is 84.7 Å². The monoisotopic (exact) mass is 214 g/mol. The number of aromatic carboxylic acids is 1. The molecule has 0 saturated carbocycles. The fraction of sp³-hybridized carbons (Fsp3) is 0.125. The number of carboxylic acids is 1. The Bertz CT molecular complexity index is 368. The summed E-state index contributed by atoms with van der Waals surface area (Å²) in [5.41, 5.74) is 0.452. The number of hydrogen-bond donors (Lipinski definition) is 2. The minimum Gasteiger partial charge on any atom is -0.478 e. The van der Waals surface area contributed by atoms with Gasteiger partial charge in [0.15, 0.2) is 0 Å². The van der Waals surface area contributed by atoms with Crippen LogP contribution in [-0.2, 0) is 11.3 Å². The van der Waals surface area contributed by atoms with Crippen molar-refractivity contribution in [2.75, 3.05) is 0 Å². The van der Waals surface area contributed by atoms with Gasteiger partial charge in [0.1, 0.15) is 0 Å². The molecule has 0 unspecified atom stereocenters. The molecule has 1 aromatic rings. The minimum absolute atomic E-state index is 0.0184. The number of nitrogens with one attached hydrogen (secondary N) is 1. The van der Waals surface area contributed by atoms with E-state index in [1.54, 1.807) is 0 Å². The predicted octanol–water partition coefficient (Wildman–Crippen LogP) is 0.679. The van der Waals surface area contributed by atoms with Crippen LogP contribution in [0.5, 0.6) is 0 Å². The standard InChI is InChI=1S/C8H7ClN2O3/c9-6-1-5(8(13)14)2-11-7(6)3-10-4-12/h1-2,4H,3H2,(H,10,12)(H,13,14). The van der Waals surface area contributed by atoms with Crippen LogP contribution in [0, 0.1) is 0 Å². The summed E-state index contributed by atoms with van der Waals surface area (Å²) >= 11 is 5.73. The van der Waals surface area contributed by atoms with Crippen LogP contribution in [0.1, 0.15) is 16.1 Å². The third-order valence-electron chi connectivity index (χ3n) is 1.52. The SMILES string of the molecule is O=CNCc1ncc(C(=O)O)cc1Cl. The van der Waals surface area contributed by atoms with Crippen molar-refractivity contribution in [1.82, 2.24) is 10.3 Å². The molecule has 1 aromatic heterocycles. The van der Waals surface area contributed by atoms with Crippen LogP contribution >= 0.6 is 11.6 Å². The largest absolute Gasteiger partial charge is 0.478 e. The highest BCUT2D eigenvalue weighted by Crippen LogP contribution is 2.14. The molecule has 0 fully saturated rings. The lowest BCUT2D eigenvalue weighted by Gasteiger charge is -2.02. The van der Waals surface area contributed by atoms with Crippen LogP contribution in [0.3, 0.4) is 0 Å². The topological polar surface area (TPSA) is 79.3 Å². The fourth-order valence-electron chi connectivity index (χ4n) is 0.852. The van der Waals surface area contributed by atoms with Gasteiger partial charge in [-0.3, -0.25) is 9.78 Å². The van der Waals surface area contributed by atoms with Gasteiger partial charge < -0.3 is 10.4 Å². The van der Waals surface area contributed by atoms with E-state index in [9.17, 15) is 9.59 Å². The molecule has 6 heteroatoms. The van der Waals surface area contributed by atoms with Crippen LogP contribution in [0.2, 0.25) is 5.02 Å². The van der Waals surface area contributed by atoms with E-state index >= 15 is 0 Å². The first-order valence-corrected chi connectivity index (χ1v) is 4.07. The number of aromatic nitrogens is 1. The van der Waals surface area contributed by atoms with E-state index in [4.69, 9.17) is 16.7 Å². The summed E-state index contributed by atoms with van der Waals surface area (Å²) in [6.07, 6.45) is 1.71. The van der Waals surface area contributed by atoms with Crippen molar-refractivity contribution in [3.8, 4) is 0 Å². The molecule has 1 heterocycles. The van der Waals surface area contributed by atoms with Gasteiger partial charge in [-0.05, 0) is 6.07 Å². The minimum atomic E-state index is -1.09. The van der Waals surface area contributed by atoms with Gasteiger partial charge in [0.2, 0.25) is 6.41 Å². The lowest BCUT2D eigenvalue weighted by atomic mass is 10.2. The quantitative estimate of drug-likeness (QED) is 0.723. The summed E-state index contributed by atoms with van der Waals surface area (Å²) < 4.78 is 0. The first-order valence-electron chi connectivity index (χ1n) is 3.70. The summed E-state index contributed by atoms with van der Waals surface area (Å²) in [6.45, 7) is 0.183. The Morgan fingerprint density at radius 1 is 1.71 bits per heavy atom. The normalized spacial score (nSPS) is 9.50. The van der Waals surface area contributed by atoms with Gasteiger partial charge in [-0.25, -0.2) is 4.79 Å². The van der Waals surface area contributed by atoms with E-state index in [0.717, 1.165) is 0 Å². The van der Waals surface area contributed by atoms with Crippen LogP contribution in [0.15, 0.2) is 12.3 Å². The third-order valence-corrected chi connectivity index (χ3v) is 1.84. The lowest BCUT2D eigenvalue weighted by Crippen LogP contribution is -2.12. The molecular formula is C8H7ClN2O3. The van der Waals surface area contributed by atoms with Crippen molar-refractivity contribution in [1.29, 1.82) is 0 Å². The summed E-state index contributed by atoms with van der Waals surface area (Å²) in [5, 5.41) is 11.2. The molecule has 0 atom stereocenters. The average molecular weight is 215 g/mol. The van der Waals surface area contributed by atoms with Gasteiger partial charge in [0.05, 0.1) is 22.8 Å². The van der Waals surface area contributed by atoms with Crippen molar-refractivity contribution in [2.45, 2.75) is 6.54 Å². The first kappa shape index (κ1) is 10.5. The summed E-state index contributed by atoms with van der Waals surface area (Å²) in [5.74, 6) is -1.09. The first-order chi connectivity index (χ1) is 6.65. The Hall–Kier alpha value is -1.62. The lowest BCUT2D eigenvalue weighted by molar-refractivity contribution is -0.109. The summed E-state index contributed by atoms with van der Waals surface area (Å²) in [4.78, 5) is 24.3. The zero-order valence-corrected chi connectivity index (χ0v) is 7.78. The van der Waals surface area contributed by atoms with E-state index in [1.165, 1.54) is 12.3 Å². The van der Waals surface area contributed by atoms with E-state index in [0.29, 0.717) is 12.1 Å². The second-order valence-corrected chi connectivity index (χ2v) is 2.86. The van der Waals surface area contributed by atoms with Crippen LogP contribution < -0.4 is 5.32 Å². The molecule has 1 rings (SSSR count). The molecule has 14 heavy (non-hydrogen) atoms. The number of carbonyl (C=O) groups is 2. The molecule has 0 saturated heterocycles. The number of carboxylic acid groups (broad SMARTS) is 1. The number of amides is 1. The molecule has 0 radical (unpaired) electrons. The van der Waals surface area contributed by atoms with E-state index in [-0.39, 0.29) is 17.1 Å². The molecular weight excluding hydrogens is 208 g/mol. The second kappa shape index (κ2) is 4.57. The zero-order chi connectivity index (χ0) is 10.6. The van der Waals surface area contributed by atoms with Crippen molar-refractivity contribution in [2.24, 2.45) is 0 Å². The molecule has 74 valence electrons. The number of pyridine rings is 1. The third kappa shape index (κ3) is 2.43. The Morgan fingerprint density at radius 2 is 2.43 bits per heavy atom. The van der Waals surface area contributed by atoms with Crippen molar-refractivity contribution < 1.29 is 14.7 Å². The molecule has 0 spiro atoms. The number of carbonyl (C=O) groups excluding carboxylic acids is 1. The van der Waals surface area contributed by atoms with Crippen LogP contribution in [0.4, 0.5) is 0 Å². The van der Waals surface area contributed by atoms with Crippen molar-refractivity contribution in [3.63, 3.8) is 0 Å². The Morgan fingerprint density at radius 3 is 2.93 bits per heavy atom. The molecule has 0 bridgehead atoms. The van der Waals surface area contributed by atoms with Gasteiger partial charge in [-0.15, -0.1) is 0 Å². The average Bonchev–Trinajstić information content (AvgIpc) is 2.15. The van der Waals surface area contributed by atoms with E-state index in [2.05, 4.69) is 10.3 Å². The van der Waals surface area contributed by atoms with Gasteiger partial charge in [0.25, 0.3) is 0 Å². The van der Waals surface area contributed by atoms with Crippen molar-refractivity contribution in [3.05, 3.63) is 28.5 Å². The summed E-state index contributed by atoms with van der Waals surface area (Å²) in [6, 6.07) is 1.29. The van der Waals surface area contributed by atoms with Crippen molar-refractivity contribution >= 4 is 24.0 Å². The van der Waals surface area contributed by atoms with Crippen LogP contribution in [0.25, 0.3) is 0 Å². The Balaban J connectivity index is 2.89. The van der Waals surface area contributed by atoms with Gasteiger partial charge >= 0.3 is 5.97 Å². The van der Waals surface area contributed by atoms with E-state index < -0.39 is 5.97 Å². The maximum Gasteiger partial charge on any atom is 0.337 e. The van der Waals surface area contributed by atoms with Gasteiger partial charge in [0, 0.05) is 6.20 Å². The fourth-order valence-corrected chi connectivity index (χ4v) is 1.08. The van der Waals surface area contributed by atoms with E-state index in [1.807, 2.05) is 0 Å². The molecule has 2 N–H and O–H groups in total. The number of hydrogen-bond acceptors (Lipinski definition) is 3. The molecule has 1 amide bonds. The maximum atomic E-state index is 10.5. The summed E-state index contributed by atoms with van der Waals surface area (Å²) in [7, 11) is 0. The highest BCUT2D eigenvalue weighted by molar-refractivity contribution is 6.31. The zero-order valence-electron chi connectivity index (χ0n) is 7.03. The molecule has 5 nitrogen and oxygen atoms in total. The van der Waals surface area contributed by atoms with Gasteiger partial charge in [-0.2, -0.15) is 0 Å². The maximum absolute atomic E-state index is 10.5. The molecule has 0 aliphatic rings.